The van der Waals surface area contributed by atoms with Gasteiger partial charge in [-0.2, -0.15) is 0 Å². The molecule has 0 unspecified atom stereocenters. The number of benzene rings is 1. The van der Waals surface area contributed by atoms with Gasteiger partial charge in [-0.3, -0.25) is 0 Å². The molecular weight excluding hydrogens is 304 g/mol. The molecule has 1 aromatic carbocycles. The van der Waals surface area contributed by atoms with Gasteiger partial charge in [0.25, 0.3) is 0 Å². The number of anilines is 1. The summed E-state index contributed by atoms with van der Waals surface area (Å²) >= 11 is 0. The van der Waals surface area contributed by atoms with E-state index in [4.69, 9.17) is 9.15 Å². The molecule has 5 nitrogen and oxygen atoms in total. The quantitative estimate of drug-likeness (QED) is 0.759. The second-order valence-electron chi connectivity index (χ2n) is 6.13. The lowest BCUT2D eigenvalue weighted by Crippen LogP contribution is -2.34. The van der Waals surface area contributed by atoms with Crippen LogP contribution in [0.5, 0.6) is 5.75 Å². The van der Waals surface area contributed by atoms with Crippen molar-refractivity contribution in [2.45, 2.75) is 33.7 Å². The van der Waals surface area contributed by atoms with Crippen LogP contribution < -0.4 is 10.1 Å². The molecule has 2 aromatic rings. The Morgan fingerprint density at radius 3 is 2.83 bits per heavy atom. The molecule has 2 rings (SSSR count). The topological polar surface area (TPSA) is 54.7 Å². The molecule has 0 fully saturated rings. The first-order chi connectivity index (χ1) is 11.6. The first-order valence-electron chi connectivity index (χ1n) is 8.38. The van der Waals surface area contributed by atoms with Crippen LogP contribution in [0.1, 0.15) is 32.8 Å². The summed E-state index contributed by atoms with van der Waals surface area (Å²) in [4.78, 5) is 14.1. The Morgan fingerprint density at radius 1 is 1.33 bits per heavy atom. The van der Waals surface area contributed by atoms with Gasteiger partial charge in [0.05, 0.1) is 25.7 Å². The summed E-state index contributed by atoms with van der Waals surface area (Å²) in [5, 5.41) is 2.92. The Bertz CT molecular complexity index is 623. The highest BCUT2D eigenvalue weighted by Gasteiger charge is 2.13. The summed E-state index contributed by atoms with van der Waals surface area (Å²) in [6.07, 6.45) is 4.27. The summed E-state index contributed by atoms with van der Waals surface area (Å²) in [6, 6.07) is 9.21. The van der Waals surface area contributed by atoms with Gasteiger partial charge in [-0.05, 0) is 37.5 Å². The van der Waals surface area contributed by atoms with Crippen molar-refractivity contribution in [3.63, 3.8) is 0 Å². The lowest BCUT2D eigenvalue weighted by atomic mass is 10.1. The van der Waals surface area contributed by atoms with Crippen molar-refractivity contribution in [2.75, 3.05) is 18.5 Å². The van der Waals surface area contributed by atoms with E-state index in [0.717, 1.165) is 23.4 Å². The molecule has 24 heavy (non-hydrogen) atoms. The highest BCUT2D eigenvalue weighted by atomic mass is 16.5. The number of ether oxygens (including phenoxy) is 1. The maximum atomic E-state index is 12.4. The van der Waals surface area contributed by atoms with Gasteiger partial charge in [0, 0.05) is 23.9 Å². The Labute approximate surface area is 143 Å². The van der Waals surface area contributed by atoms with E-state index in [0.29, 0.717) is 25.6 Å². The second kappa shape index (κ2) is 9.01. The maximum Gasteiger partial charge on any atom is 0.322 e. The summed E-state index contributed by atoms with van der Waals surface area (Å²) in [5.74, 6) is 1.38. The average Bonchev–Trinajstić information content (AvgIpc) is 3.05. The van der Waals surface area contributed by atoms with Crippen LogP contribution >= 0.6 is 0 Å². The highest BCUT2D eigenvalue weighted by molar-refractivity contribution is 5.89. The smallest absolute Gasteiger partial charge is 0.322 e. The van der Waals surface area contributed by atoms with Crippen LogP contribution in [0.4, 0.5) is 10.5 Å². The fourth-order valence-corrected chi connectivity index (χ4v) is 2.21. The van der Waals surface area contributed by atoms with E-state index >= 15 is 0 Å². The van der Waals surface area contributed by atoms with Gasteiger partial charge in [-0.1, -0.05) is 19.9 Å². The van der Waals surface area contributed by atoms with E-state index in [1.54, 1.807) is 17.4 Å². The Morgan fingerprint density at radius 2 is 2.17 bits per heavy atom. The fraction of sp³-hybridized carbons (Fsp3) is 0.421. The van der Waals surface area contributed by atoms with Crippen molar-refractivity contribution < 1.29 is 13.9 Å². The standard InChI is InChI=1S/C19H26N2O3/c1-4-21(13-16-9-10-23-14-16)19(22)20-17-6-5-7-18(12-17)24-11-8-15(2)3/h5-7,9-10,12,14-15H,4,8,11,13H2,1-3H3,(H,20,22). The summed E-state index contributed by atoms with van der Waals surface area (Å²) in [5.41, 5.74) is 1.70. The van der Waals surface area contributed by atoms with Crippen LogP contribution in [0.3, 0.4) is 0 Å². The van der Waals surface area contributed by atoms with Crippen LogP contribution in [0, 0.1) is 5.92 Å². The van der Waals surface area contributed by atoms with E-state index in [1.807, 2.05) is 37.3 Å². The van der Waals surface area contributed by atoms with Crippen molar-refractivity contribution in [2.24, 2.45) is 5.92 Å². The molecule has 5 heteroatoms. The predicted molar refractivity (Wildman–Crippen MR) is 95.2 cm³/mol. The van der Waals surface area contributed by atoms with Crippen LogP contribution in [0.2, 0.25) is 0 Å². The van der Waals surface area contributed by atoms with Gasteiger partial charge in [-0.15, -0.1) is 0 Å². The number of hydrogen-bond donors (Lipinski definition) is 1. The third kappa shape index (κ3) is 5.65. The number of furan rings is 1. The molecule has 0 bridgehead atoms. The van der Waals surface area contributed by atoms with Gasteiger partial charge < -0.3 is 19.4 Å². The Hall–Kier alpha value is -2.43. The SMILES string of the molecule is CCN(Cc1ccoc1)C(=O)Nc1cccc(OCCC(C)C)c1. The van der Waals surface area contributed by atoms with Crippen LogP contribution in [0.15, 0.2) is 47.3 Å². The summed E-state index contributed by atoms with van der Waals surface area (Å²) < 4.78 is 10.8. The lowest BCUT2D eigenvalue weighted by molar-refractivity contribution is 0.212. The minimum absolute atomic E-state index is 0.141. The first kappa shape index (κ1) is 17.9. The molecule has 0 aliphatic heterocycles. The van der Waals surface area contributed by atoms with Crippen molar-refractivity contribution in [1.29, 1.82) is 0 Å². The van der Waals surface area contributed by atoms with Crippen LogP contribution in [-0.4, -0.2) is 24.1 Å². The Balaban J connectivity index is 1.92. The Kier molecular flexibility index (Phi) is 6.73. The molecule has 0 saturated heterocycles. The second-order valence-corrected chi connectivity index (χ2v) is 6.13. The molecule has 130 valence electrons. The molecular formula is C19H26N2O3. The normalized spacial score (nSPS) is 10.7. The molecule has 1 heterocycles. The lowest BCUT2D eigenvalue weighted by Gasteiger charge is -2.21. The van der Waals surface area contributed by atoms with Gasteiger partial charge >= 0.3 is 6.03 Å². The molecule has 0 spiro atoms. The van der Waals surface area contributed by atoms with Crippen molar-refractivity contribution in [3.05, 3.63) is 48.4 Å². The fourth-order valence-electron chi connectivity index (χ4n) is 2.21. The van der Waals surface area contributed by atoms with Crippen molar-refractivity contribution in [3.8, 4) is 5.75 Å². The molecule has 0 aliphatic carbocycles. The minimum atomic E-state index is -0.141. The van der Waals surface area contributed by atoms with E-state index in [2.05, 4.69) is 19.2 Å². The van der Waals surface area contributed by atoms with Gasteiger partial charge in [0.15, 0.2) is 0 Å². The minimum Gasteiger partial charge on any atom is -0.494 e. The zero-order valence-corrected chi connectivity index (χ0v) is 14.6. The largest absolute Gasteiger partial charge is 0.494 e. The molecule has 0 radical (unpaired) electrons. The molecule has 2 amide bonds. The molecule has 0 saturated carbocycles. The monoisotopic (exact) mass is 330 g/mol. The highest BCUT2D eigenvalue weighted by Crippen LogP contribution is 2.19. The van der Waals surface area contributed by atoms with E-state index < -0.39 is 0 Å². The molecule has 0 aliphatic rings. The maximum absolute atomic E-state index is 12.4. The zero-order chi connectivity index (χ0) is 17.4. The summed E-state index contributed by atoms with van der Waals surface area (Å²) in [6.45, 7) is 8.09. The van der Waals surface area contributed by atoms with Gasteiger partial charge in [-0.25, -0.2) is 4.79 Å². The third-order valence-corrected chi connectivity index (χ3v) is 3.67. The van der Waals surface area contributed by atoms with Gasteiger partial charge in [0.1, 0.15) is 5.75 Å². The first-order valence-corrected chi connectivity index (χ1v) is 8.38. The van der Waals surface area contributed by atoms with Crippen molar-refractivity contribution >= 4 is 11.7 Å². The van der Waals surface area contributed by atoms with Gasteiger partial charge in [0.2, 0.25) is 0 Å². The number of rotatable bonds is 8. The van der Waals surface area contributed by atoms with Crippen LogP contribution in [-0.2, 0) is 6.54 Å². The predicted octanol–water partition coefficient (Wildman–Crippen LogP) is 4.76. The number of carbonyl (C=O) groups is 1. The number of amides is 2. The number of urea groups is 1. The van der Waals surface area contributed by atoms with Crippen molar-refractivity contribution in [1.82, 2.24) is 4.90 Å². The average molecular weight is 330 g/mol. The summed E-state index contributed by atoms with van der Waals surface area (Å²) in [7, 11) is 0. The van der Waals surface area contributed by atoms with Crippen LogP contribution in [0.25, 0.3) is 0 Å². The zero-order valence-electron chi connectivity index (χ0n) is 14.6. The number of carbonyl (C=O) groups excluding carboxylic acids is 1. The van der Waals surface area contributed by atoms with E-state index in [-0.39, 0.29) is 6.03 Å². The number of hydrogen-bond acceptors (Lipinski definition) is 3. The van der Waals surface area contributed by atoms with E-state index in [9.17, 15) is 4.79 Å². The third-order valence-electron chi connectivity index (χ3n) is 3.67. The number of nitrogens with zero attached hydrogens (tertiary/aromatic N) is 1. The molecule has 1 N–H and O–H groups in total. The number of nitrogens with one attached hydrogen (secondary N) is 1. The molecule has 0 atom stereocenters. The molecule has 1 aromatic heterocycles. The van der Waals surface area contributed by atoms with E-state index in [1.165, 1.54) is 0 Å².